The summed E-state index contributed by atoms with van der Waals surface area (Å²) < 4.78 is 0. The first kappa shape index (κ1) is 9.17. The molecule has 3 atom stereocenters. The van der Waals surface area contributed by atoms with E-state index >= 15 is 0 Å². The third kappa shape index (κ3) is 1.51. The van der Waals surface area contributed by atoms with Gasteiger partial charge in [0.15, 0.2) is 0 Å². The summed E-state index contributed by atoms with van der Waals surface area (Å²) in [4.78, 5) is 2.62. The van der Waals surface area contributed by atoms with Crippen LogP contribution in [0.3, 0.4) is 0 Å². The molecule has 1 unspecified atom stereocenters. The molecule has 0 amide bonds. The number of hydrogen-bond donors (Lipinski definition) is 0. The highest BCUT2D eigenvalue weighted by Crippen LogP contribution is 2.37. The summed E-state index contributed by atoms with van der Waals surface area (Å²) in [6.45, 7) is 3.57. The maximum Gasteiger partial charge on any atom is 0.0326 e. The van der Waals surface area contributed by atoms with E-state index in [9.17, 15) is 0 Å². The van der Waals surface area contributed by atoms with Crippen molar-refractivity contribution in [2.24, 2.45) is 5.92 Å². The average Bonchev–Trinajstić information content (AvgIpc) is 2.91. The summed E-state index contributed by atoms with van der Waals surface area (Å²) in [7, 11) is 0. The summed E-state index contributed by atoms with van der Waals surface area (Å²) in [5.74, 6) is 0.821. The van der Waals surface area contributed by atoms with Crippen molar-refractivity contribution in [1.29, 1.82) is 0 Å². The highest BCUT2D eigenvalue weighted by atomic mass is 15.2. The third-order valence-electron chi connectivity index (χ3n) is 3.80. The van der Waals surface area contributed by atoms with Crippen molar-refractivity contribution in [2.75, 3.05) is 6.54 Å². The Kier molecular flexibility index (Phi) is 2.14. The van der Waals surface area contributed by atoms with Crippen LogP contribution in [0, 0.1) is 5.92 Å². The molecule has 78 valence electrons. The Balaban J connectivity index is 1.81. The second-order valence-corrected chi connectivity index (χ2v) is 4.73. The smallest absolute Gasteiger partial charge is 0.0326 e. The minimum Gasteiger partial charge on any atom is -0.290 e. The van der Waals surface area contributed by atoms with Crippen LogP contribution in [0.5, 0.6) is 0 Å². The second-order valence-electron chi connectivity index (χ2n) is 4.73. The van der Waals surface area contributed by atoms with Gasteiger partial charge in [-0.2, -0.15) is 0 Å². The predicted molar refractivity (Wildman–Crippen MR) is 62.6 cm³/mol. The van der Waals surface area contributed by atoms with E-state index < -0.39 is 0 Å². The Morgan fingerprint density at radius 2 is 2.00 bits per heavy atom. The number of fused-ring (bicyclic) bond motifs is 2. The molecule has 1 heterocycles. The van der Waals surface area contributed by atoms with Gasteiger partial charge in [0, 0.05) is 18.6 Å². The Morgan fingerprint density at radius 1 is 1.20 bits per heavy atom. The van der Waals surface area contributed by atoms with Crippen molar-refractivity contribution < 1.29 is 0 Å². The summed E-state index contributed by atoms with van der Waals surface area (Å²) in [6, 6.07) is 12.1. The van der Waals surface area contributed by atoms with Crippen LogP contribution < -0.4 is 0 Å². The molecule has 1 aromatic rings. The van der Waals surface area contributed by atoms with Crippen molar-refractivity contribution in [1.82, 2.24) is 4.90 Å². The predicted octanol–water partition coefficient (Wildman–Crippen LogP) is 3.01. The van der Waals surface area contributed by atoms with Gasteiger partial charge in [0.25, 0.3) is 0 Å². The van der Waals surface area contributed by atoms with Gasteiger partial charge in [-0.1, -0.05) is 42.5 Å². The van der Waals surface area contributed by atoms with Gasteiger partial charge >= 0.3 is 0 Å². The summed E-state index contributed by atoms with van der Waals surface area (Å²) in [6.07, 6.45) is 6.11. The molecule has 0 spiro atoms. The largest absolute Gasteiger partial charge is 0.290 e. The Morgan fingerprint density at radius 3 is 2.60 bits per heavy atom. The minimum atomic E-state index is 0.561. The van der Waals surface area contributed by atoms with Crippen LogP contribution in [0.15, 0.2) is 42.5 Å². The van der Waals surface area contributed by atoms with E-state index in [1.807, 2.05) is 0 Å². The molecule has 0 N–H and O–H groups in total. The fourth-order valence-corrected chi connectivity index (χ4v) is 2.91. The molecule has 2 bridgehead atoms. The molecule has 1 aromatic carbocycles. The molecule has 1 saturated heterocycles. The van der Waals surface area contributed by atoms with Crippen LogP contribution in [0.1, 0.15) is 24.9 Å². The van der Waals surface area contributed by atoms with Gasteiger partial charge in [0.2, 0.25) is 0 Å². The summed E-state index contributed by atoms with van der Waals surface area (Å²) >= 11 is 0. The third-order valence-corrected chi connectivity index (χ3v) is 3.80. The maximum absolute atomic E-state index is 2.62. The molecule has 0 radical (unpaired) electrons. The number of hydrogen-bond acceptors (Lipinski definition) is 1. The number of rotatable bonds is 2. The van der Waals surface area contributed by atoms with Crippen LogP contribution in [-0.4, -0.2) is 17.5 Å². The quantitative estimate of drug-likeness (QED) is 0.662. The van der Waals surface area contributed by atoms with Crippen LogP contribution >= 0.6 is 0 Å². The first-order valence-corrected chi connectivity index (χ1v) is 5.83. The maximum atomic E-state index is 2.62. The second kappa shape index (κ2) is 3.49. The minimum absolute atomic E-state index is 0.561. The van der Waals surface area contributed by atoms with Gasteiger partial charge in [-0.25, -0.2) is 0 Å². The molecule has 1 fully saturated rings. The lowest BCUT2D eigenvalue weighted by Gasteiger charge is -2.30. The Labute approximate surface area is 91.4 Å². The van der Waals surface area contributed by atoms with E-state index in [1.165, 1.54) is 18.5 Å². The van der Waals surface area contributed by atoms with Crippen molar-refractivity contribution >= 4 is 0 Å². The van der Waals surface area contributed by atoms with Crippen LogP contribution in [0.4, 0.5) is 0 Å². The molecule has 0 saturated carbocycles. The molecular formula is C14H17N. The fourth-order valence-electron chi connectivity index (χ4n) is 2.91. The molecule has 1 heteroatoms. The molecule has 1 aliphatic heterocycles. The SMILES string of the molecule is CC(c1ccccc1)N1C[C@@H]2C=C[C@H]1C2. The molecule has 1 aliphatic carbocycles. The molecular weight excluding hydrogens is 182 g/mol. The Bertz CT molecular complexity index is 368. The fraction of sp³-hybridized carbons (Fsp3) is 0.429. The van der Waals surface area contributed by atoms with Gasteiger partial charge in [-0.05, 0) is 24.8 Å². The topological polar surface area (TPSA) is 3.24 Å². The number of benzene rings is 1. The summed E-state index contributed by atoms with van der Waals surface area (Å²) in [5.41, 5.74) is 1.44. The zero-order valence-electron chi connectivity index (χ0n) is 9.13. The van der Waals surface area contributed by atoms with E-state index in [1.54, 1.807) is 0 Å². The van der Waals surface area contributed by atoms with E-state index in [0.717, 1.165) is 5.92 Å². The Hall–Kier alpha value is -1.08. The van der Waals surface area contributed by atoms with Crippen LogP contribution in [0.2, 0.25) is 0 Å². The van der Waals surface area contributed by atoms with E-state index in [0.29, 0.717) is 12.1 Å². The van der Waals surface area contributed by atoms with Crippen molar-refractivity contribution in [2.45, 2.75) is 25.4 Å². The van der Waals surface area contributed by atoms with E-state index in [4.69, 9.17) is 0 Å². The van der Waals surface area contributed by atoms with Crippen LogP contribution in [0.25, 0.3) is 0 Å². The molecule has 3 rings (SSSR count). The van der Waals surface area contributed by atoms with E-state index in [2.05, 4.69) is 54.3 Å². The normalized spacial score (nSPS) is 31.0. The lowest BCUT2D eigenvalue weighted by Crippen LogP contribution is -2.32. The zero-order valence-corrected chi connectivity index (χ0v) is 9.13. The van der Waals surface area contributed by atoms with Gasteiger partial charge in [-0.3, -0.25) is 4.90 Å². The number of nitrogens with zero attached hydrogens (tertiary/aromatic N) is 1. The van der Waals surface area contributed by atoms with Crippen molar-refractivity contribution in [3.8, 4) is 0 Å². The van der Waals surface area contributed by atoms with Gasteiger partial charge < -0.3 is 0 Å². The lowest BCUT2D eigenvalue weighted by molar-refractivity contribution is 0.213. The van der Waals surface area contributed by atoms with Gasteiger partial charge in [0.05, 0.1) is 0 Å². The highest BCUT2D eigenvalue weighted by Gasteiger charge is 2.36. The monoisotopic (exact) mass is 199 g/mol. The highest BCUT2D eigenvalue weighted by molar-refractivity contribution is 5.22. The van der Waals surface area contributed by atoms with Gasteiger partial charge in [-0.15, -0.1) is 0 Å². The standard InChI is InChI=1S/C14H17N/c1-11(13-5-3-2-4-6-13)15-10-12-7-8-14(15)9-12/h2-8,11-12,14H,9-10H2,1H3/t11?,12-,14+/m1/s1. The summed E-state index contributed by atoms with van der Waals surface area (Å²) in [5, 5.41) is 0. The molecule has 0 aromatic heterocycles. The van der Waals surface area contributed by atoms with Crippen molar-refractivity contribution in [3.05, 3.63) is 48.0 Å². The van der Waals surface area contributed by atoms with E-state index in [-0.39, 0.29) is 0 Å². The van der Waals surface area contributed by atoms with Crippen molar-refractivity contribution in [3.63, 3.8) is 0 Å². The average molecular weight is 199 g/mol. The molecule has 15 heavy (non-hydrogen) atoms. The van der Waals surface area contributed by atoms with Crippen LogP contribution in [-0.2, 0) is 0 Å². The number of likely N-dealkylation sites (tertiary alicyclic amines) is 1. The first-order chi connectivity index (χ1) is 7.34. The first-order valence-electron chi connectivity index (χ1n) is 5.83. The molecule has 2 aliphatic rings. The zero-order chi connectivity index (χ0) is 10.3. The van der Waals surface area contributed by atoms with Gasteiger partial charge in [0.1, 0.15) is 0 Å². The lowest BCUT2D eigenvalue weighted by atomic mass is 10.1. The molecule has 1 nitrogen and oxygen atoms in total.